The van der Waals surface area contributed by atoms with Crippen molar-refractivity contribution >= 4 is 0 Å². The van der Waals surface area contributed by atoms with Crippen LogP contribution in [0, 0.1) is 5.92 Å². The number of rotatable bonds is 3. The third kappa shape index (κ3) is 2.12. The Balaban J connectivity index is 2.42. The molecule has 1 saturated carbocycles. The number of nitrogens with two attached hydrogens (primary N) is 1. The molecule has 0 aliphatic heterocycles. The second kappa shape index (κ2) is 4.96. The molecule has 0 amide bonds. The van der Waals surface area contributed by atoms with E-state index in [1.807, 2.05) is 18.2 Å². The number of hydrogen-bond donors (Lipinski definition) is 1. The van der Waals surface area contributed by atoms with Crippen molar-refractivity contribution in [1.82, 2.24) is 0 Å². The largest absolute Gasteiger partial charge is 0.496 e. The Bertz CT molecular complexity index is 370. The summed E-state index contributed by atoms with van der Waals surface area (Å²) >= 11 is 0. The van der Waals surface area contributed by atoms with Crippen molar-refractivity contribution in [2.45, 2.75) is 31.7 Å². The van der Waals surface area contributed by atoms with Crippen molar-refractivity contribution in [3.63, 3.8) is 0 Å². The van der Waals surface area contributed by atoms with E-state index in [4.69, 9.17) is 15.2 Å². The topological polar surface area (TPSA) is 44.5 Å². The molecule has 17 heavy (non-hydrogen) atoms. The van der Waals surface area contributed by atoms with Gasteiger partial charge in [-0.25, -0.2) is 0 Å². The van der Waals surface area contributed by atoms with Crippen LogP contribution in [-0.4, -0.2) is 20.3 Å². The van der Waals surface area contributed by atoms with Crippen LogP contribution in [0.3, 0.4) is 0 Å². The van der Waals surface area contributed by atoms with E-state index < -0.39 is 0 Å². The summed E-state index contributed by atoms with van der Waals surface area (Å²) < 4.78 is 10.9. The fourth-order valence-electron chi connectivity index (χ4n) is 2.85. The SMILES string of the molecule is COc1cccc(OC)c1C1CCC(N)C1C. The molecule has 1 fully saturated rings. The molecule has 0 radical (unpaired) electrons. The molecule has 3 unspecified atom stereocenters. The van der Waals surface area contributed by atoms with Gasteiger partial charge in [-0.05, 0) is 36.8 Å². The minimum atomic E-state index is 0.287. The van der Waals surface area contributed by atoms with Crippen LogP contribution in [0.15, 0.2) is 18.2 Å². The molecule has 0 bridgehead atoms. The van der Waals surface area contributed by atoms with Crippen LogP contribution < -0.4 is 15.2 Å². The summed E-state index contributed by atoms with van der Waals surface area (Å²) in [5.74, 6) is 2.74. The van der Waals surface area contributed by atoms with Gasteiger partial charge in [-0.2, -0.15) is 0 Å². The molecule has 1 aromatic rings. The maximum absolute atomic E-state index is 6.11. The van der Waals surface area contributed by atoms with Crippen LogP contribution in [-0.2, 0) is 0 Å². The molecule has 2 N–H and O–H groups in total. The van der Waals surface area contributed by atoms with E-state index in [2.05, 4.69) is 6.92 Å². The standard InChI is InChI=1S/C14H21NO2/c1-9-10(7-8-11(9)15)14-12(16-2)5-4-6-13(14)17-3/h4-6,9-11H,7-8,15H2,1-3H3. The zero-order valence-corrected chi connectivity index (χ0v) is 10.8. The molecule has 3 heteroatoms. The van der Waals surface area contributed by atoms with Gasteiger partial charge in [0.25, 0.3) is 0 Å². The van der Waals surface area contributed by atoms with Crippen molar-refractivity contribution in [1.29, 1.82) is 0 Å². The minimum absolute atomic E-state index is 0.287. The summed E-state index contributed by atoms with van der Waals surface area (Å²) in [6, 6.07) is 6.23. The van der Waals surface area contributed by atoms with Gasteiger partial charge in [0, 0.05) is 11.6 Å². The van der Waals surface area contributed by atoms with Crippen LogP contribution in [0.25, 0.3) is 0 Å². The van der Waals surface area contributed by atoms with Gasteiger partial charge in [0.2, 0.25) is 0 Å². The molecule has 3 nitrogen and oxygen atoms in total. The number of benzene rings is 1. The van der Waals surface area contributed by atoms with Gasteiger partial charge in [0.1, 0.15) is 11.5 Å². The van der Waals surface area contributed by atoms with Crippen LogP contribution in [0.2, 0.25) is 0 Å². The molecule has 0 heterocycles. The van der Waals surface area contributed by atoms with Gasteiger partial charge < -0.3 is 15.2 Å². The quantitative estimate of drug-likeness (QED) is 0.875. The molecular formula is C14H21NO2. The zero-order valence-electron chi connectivity index (χ0n) is 10.8. The number of ether oxygens (including phenoxy) is 2. The monoisotopic (exact) mass is 235 g/mol. The lowest BCUT2D eigenvalue weighted by Gasteiger charge is -2.22. The molecular weight excluding hydrogens is 214 g/mol. The first-order valence-electron chi connectivity index (χ1n) is 6.15. The first kappa shape index (κ1) is 12.2. The summed E-state index contributed by atoms with van der Waals surface area (Å²) in [6.07, 6.45) is 2.19. The molecule has 94 valence electrons. The highest BCUT2D eigenvalue weighted by atomic mass is 16.5. The second-order valence-corrected chi connectivity index (χ2v) is 4.78. The molecule has 3 atom stereocenters. The molecule has 0 aromatic heterocycles. The lowest BCUT2D eigenvalue weighted by atomic mass is 9.87. The molecule has 0 saturated heterocycles. The molecule has 2 rings (SSSR count). The lowest BCUT2D eigenvalue weighted by molar-refractivity contribution is 0.367. The maximum Gasteiger partial charge on any atom is 0.126 e. The van der Waals surface area contributed by atoms with Crippen molar-refractivity contribution in [2.24, 2.45) is 11.7 Å². The summed E-state index contributed by atoms with van der Waals surface area (Å²) in [5, 5.41) is 0. The van der Waals surface area contributed by atoms with Gasteiger partial charge in [-0.3, -0.25) is 0 Å². The zero-order chi connectivity index (χ0) is 12.4. The fraction of sp³-hybridized carbons (Fsp3) is 0.571. The van der Waals surface area contributed by atoms with E-state index in [9.17, 15) is 0 Å². The first-order valence-corrected chi connectivity index (χ1v) is 6.15. The summed E-state index contributed by atoms with van der Waals surface area (Å²) in [7, 11) is 3.41. The van der Waals surface area contributed by atoms with Crippen molar-refractivity contribution < 1.29 is 9.47 Å². The lowest BCUT2D eigenvalue weighted by Crippen LogP contribution is -2.24. The van der Waals surface area contributed by atoms with Crippen LogP contribution in [0.4, 0.5) is 0 Å². The minimum Gasteiger partial charge on any atom is -0.496 e. The van der Waals surface area contributed by atoms with Crippen LogP contribution >= 0.6 is 0 Å². The van der Waals surface area contributed by atoms with Gasteiger partial charge >= 0.3 is 0 Å². The van der Waals surface area contributed by atoms with E-state index >= 15 is 0 Å². The Kier molecular flexibility index (Phi) is 3.57. The molecule has 1 aliphatic carbocycles. The highest BCUT2D eigenvalue weighted by Crippen LogP contribution is 2.46. The first-order chi connectivity index (χ1) is 8.19. The van der Waals surface area contributed by atoms with Crippen LogP contribution in [0.1, 0.15) is 31.2 Å². The average Bonchev–Trinajstić information content (AvgIpc) is 2.69. The number of methoxy groups -OCH3 is 2. The maximum atomic E-state index is 6.11. The summed E-state index contributed by atoms with van der Waals surface area (Å²) in [5.41, 5.74) is 7.29. The Hall–Kier alpha value is -1.22. The summed E-state index contributed by atoms with van der Waals surface area (Å²) in [6.45, 7) is 2.22. The Labute approximate surface area is 103 Å². The smallest absolute Gasteiger partial charge is 0.126 e. The van der Waals surface area contributed by atoms with Crippen LogP contribution in [0.5, 0.6) is 11.5 Å². The predicted octanol–water partition coefficient (Wildman–Crippen LogP) is 2.54. The fourth-order valence-corrected chi connectivity index (χ4v) is 2.85. The highest BCUT2D eigenvalue weighted by Gasteiger charge is 2.34. The Morgan fingerprint density at radius 1 is 1.12 bits per heavy atom. The summed E-state index contributed by atoms with van der Waals surface area (Å²) in [4.78, 5) is 0. The van der Waals surface area contributed by atoms with E-state index in [0.29, 0.717) is 11.8 Å². The Morgan fingerprint density at radius 2 is 1.71 bits per heavy atom. The third-order valence-corrected chi connectivity index (χ3v) is 3.96. The van der Waals surface area contributed by atoms with Gasteiger partial charge in [-0.15, -0.1) is 0 Å². The predicted molar refractivity (Wildman–Crippen MR) is 68.7 cm³/mol. The van der Waals surface area contributed by atoms with E-state index in [-0.39, 0.29) is 6.04 Å². The van der Waals surface area contributed by atoms with Crippen molar-refractivity contribution in [2.75, 3.05) is 14.2 Å². The van der Waals surface area contributed by atoms with Gasteiger partial charge in [0.05, 0.1) is 14.2 Å². The Morgan fingerprint density at radius 3 is 2.12 bits per heavy atom. The average molecular weight is 235 g/mol. The molecule has 1 aromatic carbocycles. The third-order valence-electron chi connectivity index (χ3n) is 3.96. The van der Waals surface area contributed by atoms with Crippen molar-refractivity contribution in [3.05, 3.63) is 23.8 Å². The normalized spacial score (nSPS) is 28.1. The molecule has 1 aliphatic rings. The van der Waals surface area contributed by atoms with E-state index in [1.54, 1.807) is 14.2 Å². The van der Waals surface area contributed by atoms with Gasteiger partial charge in [-0.1, -0.05) is 13.0 Å². The van der Waals surface area contributed by atoms with E-state index in [0.717, 1.165) is 24.3 Å². The number of hydrogen-bond acceptors (Lipinski definition) is 3. The highest BCUT2D eigenvalue weighted by molar-refractivity contribution is 5.48. The van der Waals surface area contributed by atoms with Crippen molar-refractivity contribution in [3.8, 4) is 11.5 Å². The second-order valence-electron chi connectivity index (χ2n) is 4.78. The van der Waals surface area contributed by atoms with E-state index in [1.165, 1.54) is 5.56 Å². The van der Waals surface area contributed by atoms with Gasteiger partial charge in [0.15, 0.2) is 0 Å². The molecule has 0 spiro atoms.